The van der Waals surface area contributed by atoms with Gasteiger partial charge in [0.25, 0.3) is 0 Å². The Morgan fingerprint density at radius 3 is 1.08 bits per heavy atom. The Hall–Kier alpha value is -11.5. The molecular formula is C95H95Br2F2N13O9S4. The molecule has 0 aliphatic carbocycles. The van der Waals surface area contributed by atoms with E-state index in [1.165, 1.54) is 18.2 Å². The Balaban J connectivity index is 0.000000143. The number of pyridine rings is 4. The second-order valence-electron chi connectivity index (χ2n) is 33.8. The molecule has 125 heavy (non-hydrogen) atoms. The van der Waals surface area contributed by atoms with Gasteiger partial charge in [0.1, 0.15) is 5.82 Å². The van der Waals surface area contributed by atoms with Gasteiger partial charge >= 0.3 is 0 Å². The summed E-state index contributed by atoms with van der Waals surface area (Å²) in [7, 11) is -14.7. The van der Waals surface area contributed by atoms with Crippen LogP contribution in [0.5, 0.6) is 5.75 Å². The van der Waals surface area contributed by atoms with Crippen molar-refractivity contribution in [2.24, 2.45) is 0 Å². The molecule has 0 atom stereocenters. The molecule has 0 spiro atoms. The van der Waals surface area contributed by atoms with E-state index >= 15 is 0 Å². The van der Waals surface area contributed by atoms with Crippen LogP contribution in [-0.4, -0.2) is 98.8 Å². The van der Waals surface area contributed by atoms with Gasteiger partial charge in [0.05, 0.1) is 145 Å². The summed E-state index contributed by atoms with van der Waals surface area (Å²) in [5, 5.41) is 21.6. The number of ether oxygens (including phenoxy) is 1. The lowest BCUT2D eigenvalue weighted by Gasteiger charge is -2.20. The van der Waals surface area contributed by atoms with Gasteiger partial charge in [0.15, 0.2) is 50.9 Å². The molecule has 0 saturated heterocycles. The SMILES string of the molecule is Cc1cc(CS(=O)(=O)c2ccc(C(C)(C)C)c(F)c2)n(-c2ccc(Br)c3ncccc23)n1.Cc1cc(CS(=O)(=O)c2ccc(C(C)(C)C)cc2)n(-c2ccc(Br)c3ncccc23)n1.Cc1cc(CS(=O)(=O)c2ccc(C(C)(C)C)cc2)n(-c2ccc(N)c3ncccc23)n1.Cc1cc(CS(=O)(=O)c2ccc(OC(C)C)c(F)c2)n(-c2cccc3ncccc23)n1. The average Bonchev–Trinajstić information content (AvgIpc) is 1.67. The van der Waals surface area contributed by atoms with Crippen LogP contribution in [0, 0.1) is 39.3 Å². The van der Waals surface area contributed by atoms with E-state index in [4.69, 9.17) is 10.5 Å². The number of hydrogen-bond acceptors (Lipinski definition) is 18. The molecule has 0 radical (unpaired) electrons. The molecule has 0 amide bonds. The number of hydrogen-bond donors (Lipinski definition) is 1. The topological polar surface area (TPSA) is 295 Å². The van der Waals surface area contributed by atoms with Crippen LogP contribution in [0.25, 0.3) is 66.4 Å². The standard InChI is InChI=1S/C24H23BrFN3O2S.C24H24BrN3O2S.C24H26N4O2S.C23H22FN3O3S/c1-15-12-16(14-32(30,31)17-7-8-19(21(26)13-17)24(2,3)4)29(28-15)22-10-9-20(25)23-18(22)6-5-11-27-23;2*1-16-14-18(15-31(29,30)19-9-7-17(8-10-19)24(2,3)4)28(27-16)22-12-11-21(25)23-20(22)6-5-13-26-23;1-15(2)30-23-10-9-18(13-20(23)24)31(28,29)14-17-12-16(3)26-27(17)22-8-4-7-21-19(22)6-5-11-25-21/h5-13H,14H2,1-4H3;5-14H,15H2,1-4H3;5-14H,15,25H2,1-4H3;4-13,15H,14H2,1-3H3. The van der Waals surface area contributed by atoms with Crippen molar-refractivity contribution < 1.29 is 47.2 Å². The zero-order valence-corrected chi connectivity index (χ0v) is 78.1. The zero-order chi connectivity index (χ0) is 90.2. The molecule has 16 aromatic rings. The van der Waals surface area contributed by atoms with Crippen molar-refractivity contribution in [3.63, 3.8) is 0 Å². The number of nitrogens with two attached hydrogens (primary N) is 1. The van der Waals surface area contributed by atoms with Crippen molar-refractivity contribution in [3.8, 4) is 28.5 Å². The highest BCUT2D eigenvalue weighted by molar-refractivity contribution is 9.11. The minimum Gasteiger partial charge on any atom is -0.488 e. The number of nitrogens with zero attached hydrogens (tertiary/aromatic N) is 12. The maximum absolute atomic E-state index is 14.7. The van der Waals surface area contributed by atoms with Crippen LogP contribution < -0.4 is 10.5 Å². The summed E-state index contributed by atoms with van der Waals surface area (Å²) in [6.07, 6.45) is 6.60. The first-order valence-corrected chi connectivity index (χ1v) is 48.2. The second-order valence-corrected chi connectivity index (χ2v) is 43.5. The van der Waals surface area contributed by atoms with Crippen molar-refractivity contribution >= 4 is 121 Å². The van der Waals surface area contributed by atoms with Crippen LogP contribution in [0.4, 0.5) is 14.5 Å². The number of aryl methyl sites for hydroxylation is 4. The van der Waals surface area contributed by atoms with Crippen molar-refractivity contribution in [1.29, 1.82) is 0 Å². The number of nitrogen functional groups attached to an aromatic ring is 1. The van der Waals surface area contributed by atoms with Crippen molar-refractivity contribution in [2.75, 3.05) is 5.73 Å². The van der Waals surface area contributed by atoms with Crippen LogP contribution in [0.15, 0.2) is 266 Å². The quantitative estimate of drug-likeness (QED) is 0.0781. The van der Waals surface area contributed by atoms with E-state index in [0.29, 0.717) is 60.7 Å². The third-order valence-corrected chi connectivity index (χ3v) is 28.5. The first-order valence-electron chi connectivity index (χ1n) is 40.0. The van der Waals surface area contributed by atoms with E-state index in [-0.39, 0.29) is 55.5 Å². The van der Waals surface area contributed by atoms with Crippen LogP contribution in [0.3, 0.4) is 0 Å². The smallest absolute Gasteiger partial charge is 0.184 e. The Bertz CT molecular complexity index is 7050. The van der Waals surface area contributed by atoms with E-state index < -0.39 is 56.4 Å². The van der Waals surface area contributed by atoms with E-state index in [1.54, 1.807) is 119 Å². The maximum atomic E-state index is 14.7. The fourth-order valence-electron chi connectivity index (χ4n) is 14.5. The Labute approximate surface area is 744 Å². The molecule has 0 fully saturated rings. The van der Waals surface area contributed by atoms with Gasteiger partial charge in [0.2, 0.25) is 0 Å². The Morgan fingerprint density at radius 1 is 0.368 bits per heavy atom. The minimum absolute atomic E-state index is 0.0260. The molecule has 8 heterocycles. The van der Waals surface area contributed by atoms with Gasteiger partial charge in [-0.15, -0.1) is 0 Å². The normalized spacial score (nSPS) is 12.3. The lowest BCUT2D eigenvalue weighted by molar-refractivity contribution is 0.231. The summed E-state index contributed by atoms with van der Waals surface area (Å²) in [4.78, 5) is 18.0. The second kappa shape index (κ2) is 36.2. The average molecular weight is 1890 g/mol. The van der Waals surface area contributed by atoms with E-state index in [2.05, 4.69) is 114 Å². The molecule has 0 saturated carbocycles. The van der Waals surface area contributed by atoms with Gasteiger partial charge < -0.3 is 10.5 Å². The largest absolute Gasteiger partial charge is 0.488 e. The Morgan fingerprint density at radius 2 is 0.704 bits per heavy atom. The first kappa shape index (κ1) is 91.2. The number of rotatable bonds is 18. The molecule has 0 aliphatic heterocycles. The van der Waals surface area contributed by atoms with Crippen molar-refractivity contribution in [2.45, 2.75) is 169 Å². The zero-order valence-electron chi connectivity index (χ0n) is 71.7. The van der Waals surface area contributed by atoms with Gasteiger partial charge in [-0.05, 0) is 282 Å². The summed E-state index contributed by atoms with van der Waals surface area (Å²) < 4.78 is 148. The molecular weight excluding hydrogens is 1790 g/mol. The highest BCUT2D eigenvalue weighted by atomic mass is 79.9. The third kappa shape index (κ3) is 20.7. The molecule has 22 nitrogen and oxygen atoms in total. The summed E-state index contributed by atoms with van der Waals surface area (Å²) >= 11 is 7.05. The summed E-state index contributed by atoms with van der Waals surface area (Å²) in [5.74, 6) is -2.13. The van der Waals surface area contributed by atoms with Gasteiger partial charge in [-0.25, -0.2) is 61.2 Å². The van der Waals surface area contributed by atoms with Crippen LogP contribution >= 0.6 is 31.9 Å². The van der Waals surface area contributed by atoms with E-state index in [1.807, 2.05) is 169 Å². The number of anilines is 1. The lowest BCUT2D eigenvalue weighted by Crippen LogP contribution is -2.15. The van der Waals surface area contributed by atoms with Crippen LogP contribution in [0.1, 0.15) is 138 Å². The molecule has 0 unspecified atom stereocenters. The minimum atomic E-state index is -3.82. The molecule has 8 aromatic heterocycles. The van der Waals surface area contributed by atoms with Crippen molar-refractivity contribution in [3.05, 3.63) is 320 Å². The highest BCUT2D eigenvalue weighted by Crippen LogP contribution is 2.37. The van der Waals surface area contributed by atoms with Crippen LogP contribution in [-0.2, 0) is 78.6 Å². The number of halogens is 4. The number of fused-ring (bicyclic) bond motifs is 4. The van der Waals surface area contributed by atoms with Crippen LogP contribution in [0.2, 0.25) is 0 Å². The molecule has 30 heteroatoms. The number of aromatic nitrogens is 12. The molecule has 646 valence electrons. The van der Waals surface area contributed by atoms with Gasteiger partial charge in [-0.2, -0.15) is 20.4 Å². The molecule has 0 bridgehead atoms. The summed E-state index contributed by atoms with van der Waals surface area (Å²) in [5.41, 5.74) is 19.9. The first-order chi connectivity index (χ1) is 58.8. The van der Waals surface area contributed by atoms with Crippen molar-refractivity contribution in [1.82, 2.24) is 59.1 Å². The fourth-order valence-corrected chi connectivity index (χ4v) is 20.6. The predicted molar refractivity (Wildman–Crippen MR) is 495 cm³/mol. The highest BCUT2D eigenvalue weighted by Gasteiger charge is 2.29. The number of sulfone groups is 4. The maximum Gasteiger partial charge on any atom is 0.184 e. The van der Waals surface area contributed by atoms with Gasteiger partial charge in [0, 0.05) is 55.3 Å². The predicted octanol–water partition coefficient (Wildman–Crippen LogP) is 20.9. The molecule has 16 rings (SSSR count). The van der Waals surface area contributed by atoms with E-state index in [9.17, 15) is 42.5 Å². The summed E-state index contributed by atoms with van der Waals surface area (Å²) in [6.45, 7) is 29.2. The fraction of sp³-hybridized carbons (Fsp3) is 0.242. The molecule has 2 N–H and O–H groups in total. The van der Waals surface area contributed by atoms with Gasteiger partial charge in [-0.3, -0.25) is 19.9 Å². The Kier molecular flexibility index (Phi) is 26.4. The third-order valence-electron chi connectivity index (χ3n) is 20.6. The molecule has 0 aliphatic rings. The van der Waals surface area contributed by atoms with E-state index in [0.717, 1.165) is 104 Å². The lowest BCUT2D eigenvalue weighted by atomic mass is 9.87. The van der Waals surface area contributed by atoms with Gasteiger partial charge in [-0.1, -0.05) is 98.7 Å². The monoisotopic (exact) mass is 1890 g/mol. The number of benzene rings is 8. The summed E-state index contributed by atoms with van der Waals surface area (Å²) in [6, 6.07) is 61.1. The molecule has 8 aromatic carbocycles.